The topological polar surface area (TPSA) is 21.3 Å². The third-order valence-corrected chi connectivity index (χ3v) is 6.01. The molecular weight excluding hydrogens is 246 g/mol. The Morgan fingerprint density at radius 2 is 1.65 bits per heavy atom. The summed E-state index contributed by atoms with van der Waals surface area (Å²) in [5, 5.41) is 3.64. The van der Waals surface area contributed by atoms with E-state index in [0.717, 1.165) is 37.8 Å². The fraction of sp³-hybridized carbons (Fsp3) is 1.00. The summed E-state index contributed by atoms with van der Waals surface area (Å²) in [6.07, 6.45) is 8.20. The van der Waals surface area contributed by atoms with Gasteiger partial charge in [-0.2, -0.15) is 0 Å². The van der Waals surface area contributed by atoms with Crippen LogP contribution >= 0.6 is 0 Å². The lowest BCUT2D eigenvalue weighted by atomic mass is 9.68. The van der Waals surface area contributed by atoms with Crippen LogP contribution in [-0.2, 0) is 4.74 Å². The first-order chi connectivity index (χ1) is 9.40. The van der Waals surface area contributed by atoms with Gasteiger partial charge in [0.15, 0.2) is 0 Å². The van der Waals surface area contributed by atoms with Crippen molar-refractivity contribution in [2.24, 2.45) is 17.3 Å². The van der Waals surface area contributed by atoms with Crippen molar-refractivity contribution in [3.05, 3.63) is 0 Å². The minimum Gasteiger partial charge on any atom is -0.369 e. The Balaban J connectivity index is 1.90. The summed E-state index contributed by atoms with van der Waals surface area (Å²) in [4.78, 5) is 0. The van der Waals surface area contributed by atoms with Crippen LogP contribution in [-0.4, -0.2) is 24.8 Å². The highest BCUT2D eigenvalue weighted by molar-refractivity contribution is 4.91. The monoisotopic (exact) mass is 281 g/mol. The van der Waals surface area contributed by atoms with E-state index in [1.54, 1.807) is 0 Å². The zero-order valence-corrected chi connectivity index (χ0v) is 14.3. The maximum Gasteiger partial charge on any atom is 0.0805 e. The summed E-state index contributed by atoms with van der Waals surface area (Å²) in [5.41, 5.74) is 0.580. The number of hydrogen-bond acceptors (Lipinski definition) is 2. The lowest BCUT2D eigenvalue weighted by Crippen LogP contribution is -2.55. The first-order valence-electron chi connectivity index (χ1n) is 8.79. The molecule has 1 heterocycles. The molecule has 118 valence electrons. The first kappa shape index (κ1) is 16.3. The summed E-state index contributed by atoms with van der Waals surface area (Å²) in [5.74, 6) is 1.68. The second kappa shape index (κ2) is 6.36. The Labute approximate surface area is 126 Å². The average Bonchev–Trinajstić information content (AvgIpc) is 2.46. The standard InChI is InChI=1S/C18H35NO/c1-6-18(7-2)13-19-12-16(20-18)14-8-10-15(11-9-14)17(3,4)5/h14-16,19H,6-13H2,1-5H3. The molecule has 1 atom stereocenters. The molecule has 1 aliphatic heterocycles. The van der Waals surface area contributed by atoms with Crippen LogP contribution < -0.4 is 5.32 Å². The number of nitrogens with one attached hydrogen (secondary N) is 1. The summed E-state index contributed by atoms with van der Waals surface area (Å²) in [6, 6.07) is 0. The minimum atomic E-state index is 0.101. The van der Waals surface area contributed by atoms with E-state index in [1.165, 1.54) is 25.7 Å². The Bertz CT molecular complexity index is 295. The highest BCUT2D eigenvalue weighted by Gasteiger charge is 2.39. The van der Waals surface area contributed by atoms with Gasteiger partial charge in [0.05, 0.1) is 11.7 Å². The van der Waals surface area contributed by atoms with Crippen molar-refractivity contribution in [1.29, 1.82) is 0 Å². The molecule has 0 aromatic rings. The van der Waals surface area contributed by atoms with Crippen molar-refractivity contribution < 1.29 is 4.74 Å². The fourth-order valence-electron chi connectivity index (χ4n) is 4.13. The summed E-state index contributed by atoms with van der Waals surface area (Å²) < 4.78 is 6.57. The smallest absolute Gasteiger partial charge is 0.0805 e. The van der Waals surface area contributed by atoms with Gasteiger partial charge in [0.1, 0.15) is 0 Å². The molecule has 1 saturated carbocycles. The average molecular weight is 281 g/mol. The lowest BCUT2D eigenvalue weighted by Gasteiger charge is -2.46. The van der Waals surface area contributed by atoms with E-state index in [4.69, 9.17) is 4.74 Å². The van der Waals surface area contributed by atoms with Crippen molar-refractivity contribution >= 4 is 0 Å². The molecule has 2 fully saturated rings. The van der Waals surface area contributed by atoms with E-state index in [-0.39, 0.29) is 5.60 Å². The molecule has 1 aliphatic carbocycles. The van der Waals surface area contributed by atoms with Crippen LogP contribution in [0.5, 0.6) is 0 Å². The van der Waals surface area contributed by atoms with E-state index in [2.05, 4.69) is 39.9 Å². The van der Waals surface area contributed by atoms with E-state index in [0.29, 0.717) is 11.5 Å². The SMILES string of the molecule is CCC1(CC)CNCC(C2CCC(C(C)(C)C)CC2)O1. The number of ether oxygens (including phenoxy) is 1. The molecule has 0 radical (unpaired) electrons. The molecule has 0 spiro atoms. The Kier molecular flexibility index (Phi) is 5.18. The second-order valence-corrected chi connectivity index (χ2v) is 8.16. The van der Waals surface area contributed by atoms with Crippen LogP contribution in [0.15, 0.2) is 0 Å². The van der Waals surface area contributed by atoms with Crippen molar-refractivity contribution in [2.45, 2.75) is 84.8 Å². The first-order valence-corrected chi connectivity index (χ1v) is 8.79. The summed E-state index contributed by atoms with van der Waals surface area (Å²) in [6.45, 7) is 13.8. The van der Waals surface area contributed by atoms with Gasteiger partial charge in [0.2, 0.25) is 0 Å². The van der Waals surface area contributed by atoms with Gasteiger partial charge in [0, 0.05) is 13.1 Å². The zero-order chi connectivity index (χ0) is 14.8. The Morgan fingerprint density at radius 1 is 1.05 bits per heavy atom. The van der Waals surface area contributed by atoms with Crippen LogP contribution in [0.2, 0.25) is 0 Å². The van der Waals surface area contributed by atoms with Gasteiger partial charge in [-0.1, -0.05) is 34.6 Å². The van der Waals surface area contributed by atoms with Gasteiger partial charge >= 0.3 is 0 Å². The highest BCUT2D eigenvalue weighted by atomic mass is 16.5. The van der Waals surface area contributed by atoms with E-state index in [9.17, 15) is 0 Å². The van der Waals surface area contributed by atoms with Gasteiger partial charge in [-0.3, -0.25) is 0 Å². The van der Waals surface area contributed by atoms with Gasteiger partial charge in [-0.15, -0.1) is 0 Å². The molecule has 2 nitrogen and oxygen atoms in total. The maximum absolute atomic E-state index is 6.57. The molecular formula is C18H35NO. The molecule has 2 heteroatoms. The van der Waals surface area contributed by atoms with Crippen molar-refractivity contribution in [3.63, 3.8) is 0 Å². The van der Waals surface area contributed by atoms with Gasteiger partial charge in [-0.25, -0.2) is 0 Å². The lowest BCUT2D eigenvalue weighted by molar-refractivity contribution is -0.146. The molecule has 1 unspecified atom stereocenters. The fourth-order valence-corrected chi connectivity index (χ4v) is 4.13. The number of rotatable bonds is 3. The number of morpholine rings is 1. The third-order valence-electron chi connectivity index (χ3n) is 6.01. The van der Waals surface area contributed by atoms with Crippen LogP contribution in [0.4, 0.5) is 0 Å². The van der Waals surface area contributed by atoms with Crippen molar-refractivity contribution in [2.75, 3.05) is 13.1 Å². The van der Waals surface area contributed by atoms with Gasteiger partial charge < -0.3 is 10.1 Å². The summed E-state index contributed by atoms with van der Waals surface area (Å²) >= 11 is 0. The third kappa shape index (κ3) is 3.57. The molecule has 1 saturated heterocycles. The van der Waals surface area contributed by atoms with Crippen LogP contribution in [0, 0.1) is 17.3 Å². The van der Waals surface area contributed by atoms with Crippen molar-refractivity contribution in [1.82, 2.24) is 5.32 Å². The predicted molar refractivity (Wildman–Crippen MR) is 86.0 cm³/mol. The van der Waals surface area contributed by atoms with E-state index < -0.39 is 0 Å². The quantitative estimate of drug-likeness (QED) is 0.828. The predicted octanol–water partition coefficient (Wildman–Crippen LogP) is 4.39. The van der Waals surface area contributed by atoms with Gasteiger partial charge in [-0.05, 0) is 55.8 Å². The minimum absolute atomic E-state index is 0.101. The summed E-state index contributed by atoms with van der Waals surface area (Å²) in [7, 11) is 0. The number of hydrogen-bond donors (Lipinski definition) is 1. The molecule has 2 rings (SSSR count). The second-order valence-electron chi connectivity index (χ2n) is 8.16. The van der Waals surface area contributed by atoms with Crippen molar-refractivity contribution in [3.8, 4) is 0 Å². The van der Waals surface area contributed by atoms with E-state index in [1.807, 2.05) is 0 Å². The van der Waals surface area contributed by atoms with Crippen LogP contribution in [0.1, 0.15) is 73.1 Å². The van der Waals surface area contributed by atoms with E-state index >= 15 is 0 Å². The molecule has 20 heavy (non-hydrogen) atoms. The molecule has 0 amide bonds. The Morgan fingerprint density at radius 3 is 2.15 bits per heavy atom. The maximum atomic E-state index is 6.57. The van der Waals surface area contributed by atoms with Crippen LogP contribution in [0.3, 0.4) is 0 Å². The molecule has 2 aliphatic rings. The molecule has 1 N–H and O–H groups in total. The van der Waals surface area contributed by atoms with Gasteiger partial charge in [0.25, 0.3) is 0 Å². The Hall–Kier alpha value is -0.0800. The largest absolute Gasteiger partial charge is 0.369 e. The normalized spacial score (nSPS) is 35.0. The van der Waals surface area contributed by atoms with Crippen LogP contribution in [0.25, 0.3) is 0 Å². The molecule has 0 bridgehead atoms. The highest BCUT2D eigenvalue weighted by Crippen LogP contribution is 2.42. The zero-order valence-electron chi connectivity index (χ0n) is 14.3. The molecule has 0 aromatic heterocycles. The molecule has 0 aromatic carbocycles.